The van der Waals surface area contributed by atoms with Crippen LogP contribution >= 0.6 is 0 Å². The second-order valence-corrected chi connectivity index (χ2v) is 4.80. The van der Waals surface area contributed by atoms with Crippen LogP contribution in [0.2, 0.25) is 0 Å². The van der Waals surface area contributed by atoms with E-state index in [-0.39, 0.29) is 12.2 Å². The van der Waals surface area contributed by atoms with Crippen molar-refractivity contribution in [1.29, 1.82) is 0 Å². The number of primary amides is 1. The highest BCUT2D eigenvalue weighted by Crippen LogP contribution is 2.37. The average Bonchev–Trinajstić information content (AvgIpc) is 2.93. The number of H-pyrrole nitrogens is 1. The van der Waals surface area contributed by atoms with Crippen LogP contribution in [0.3, 0.4) is 0 Å². The number of nitrogens with zero attached hydrogens (tertiary/aromatic N) is 2. The van der Waals surface area contributed by atoms with Crippen LogP contribution in [0.25, 0.3) is 0 Å². The lowest BCUT2D eigenvalue weighted by molar-refractivity contribution is -0.182. The quantitative estimate of drug-likeness (QED) is 0.828. The maximum Gasteiger partial charge on any atom is 0.394 e. The molecule has 0 saturated carbocycles. The zero-order chi connectivity index (χ0) is 15.1. The normalized spacial score (nSPS) is 23.1. The number of amides is 2. The molecule has 1 aliphatic heterocycles. The summed E-state index contributed by atoms with van der Waals surface area (Å²) in [4.78, 5) is 24.1. The van der Waals surface area contributed by atoms with E-state index >= 15 is 0 Å². The third kappa shape index (κ3) is 2.61. The fourth-order valence-corrected chi connectivity index (χ4v) is 2.28. The van der Waals surface area contributed by atoms with E-state index < -0.39 is 36.4 Å². The van der Waals surface area contributed by atoms with Gasteiger partial charge in [-0.2, -0.15) is 18.3 Å². The van der Waals surface area contributed by atoms with Crippen molar-refractivity contribution in [2.75, 3.05) is 13.1 Å². The molecule has 2 heterocycles. The summed E-state index contributed by atoms with van der Waals surface area (Å²) in [7, 11) is 0. The second-order valence-electron chi connectivity index (χ2n) is 4.80. The van der Waals surface area contributed by atoms with Crippen LogP contribution in [0.5, 0.6) is 0 Å². The summed E-state index contributed by atoms with van der Waals surface area (Å²) in [5.74, 6) is -5.05. The predicted molar refractivity (Wildman–Crippen MR) is 61.5 cm³/mol. The van der Waals surface area contributed by atoms with Crippen LogP contribution in [-0.4, -0.2) is 46.2 Å². The van der Waals surface area contributed by atoms with Gasteiger partial charge in [0.05, 0.1) is 11.8 Å². The van der Waals surface area contributed by atoms with Crippen molar-refractivity contribution in [1.82, 2.24) is 15.1 Å². The highest BCUT2D eigenvalue weighted by Gasteiger charge is 2.53. The number of carbonyl (C=O) groups excluding carboxylic acids is 2. The molecule has 3 N–H and O–H groups in total. The molecule has 1 fully saturated rings. The predicted octanol–water partition coefficient (Wildman–Crippen LogP) is 0.454. The summed E-state index contributed by atoms with van der Waals surface area (Å²) in [6, 6.07) is 1.43. The Morgan fingerprint density at radius 3 is 2.50 bits per heavy atom. The van der Waals surface area contributed by atoms with Gasteiger partial charge in [-0.1, -0.05) is 0 Å². The van der Waals surface area contributed by atoms with Crippen LogP contribution in [0, 0.1) is 18.8 Å². The van der Waals surface area contributed by atoms with E-state index in [4.69, 9.17) is 5.73 Å². The van der Waals surface area contributed by atoms with Gasteiger partial charge < -0.3 is 10.6 Å². The standard InChI is InChI=1S/C11H13F3N4O2/c1-5-2-8(17-16-5)10(20)18-3-6(9(15)19)7(4-18)11(12,13)14/h2,6-7H,3-4H2,1H3,(H2,15,19)(H,16,17)/t6-,7-/m0/s1. The molecule has 6 nitrogen and oxygen atoms in total. The number of likely N-dealkylation sites (tertiary alicyclic amines) is 1. The molecule has 1 aromatic heterocycles. The number of halogens is 3. The number of nitrogens with two attached hydrogens (primary N) is 1. The fraction of sp³-hybridized carbons (Fsp3) is 0.545. The van der Waals surface area contributed by atoms with Crippen molar-refractivity contribution in [3.8, 4) is 0 Å². The molecular formula is C11H13F3N4O2. The van der Waals surface area contributed by atoms with Crippen LogP contribution in [0.4, 0.5) is 13.2 Å². The molecule has 0 aliphatic carbocycles. The SMILES string of the molecule is Cc1cc(C(=O)N2C[C@H](C(N)=O)[C@@H](C(F)(F)F)C2)n[nH]1. The molecule has 9 heteroatoms. The highest BCUT2D eigenvalue weighted by molar-refractivity contribution is 5.93. The van der Waals surface area contributed by atoms with Gasteiger partial charge in [0.15, 0.2) is 0 Å². The summed E-state index contributed by atoms with van der Waals surface area (Å²) in [6.07, 6.45) is -4.57. The molecule has 0 radical (unpaired) electrons. The van der Waals surface area contributed by atoms with Gasteiger partial charge in [0, 0.05) is 18.8 Å². The Bertz CT molecular complexity index is 540. The Morgan fingerprint density at radius 1 is 1.45 bits per heavy atom. The smallest absolute Gasteiger partial charge is 0.369 e. The summed E-state index contributed by atoms with van der Waals surface area (Å²) in [6.45, 7) is 0.741. The van der Waals surface area contributed by atoms with Gasteiger partial charge in [-0.3, -0.25) is 14.7 Å². The molecule has 0 spiro atoms. The van der Waals surface area contributed by atoms with Crippen molar-refractivity contribution < 1.29 is 22.8 Å². The molecule has 0 bridgehead atoms. The average molecular weight is 290 g/mol. The first-order valence-corrected chi connectivity index (χ1v) is 5.87. The highest BCUT2D eigenvalue weighted by atomic mass is 19.4. The monoisotopic (exact) mass is 290 g/mol. The van der Waals surface area contributed by atoms with E-state index in [1.54, 1.807) is 6.92 Å². The molecule has 1 aromatic rings. The third-order valence-corrected chi connectivity index (χ3v) is 3.32. The molecule has 1 saturated heterocycles. The largest absolute Gasteiger partial charge is 0.394 e. The molecule has 2 rings (SSSR count). The van der Waals surface area contributed by atoms with Gasteiger partial charge in [-0.15, -0.1) is 0 Å². The Kier molecular flexibility index (Phi) is 3.45. The van der Waals surface area contributed by atoms with Gasteiger partial charge in [0.25, 0.3) is 5.91 Å². The minimum absolute atomic E-state index is 0.0218. The summed E-state index contributed by atoms with van der Waals surface area (Å²) < 4.78 is 38.5. The number of aromatic amines is 1. The maximum absolute atomic E-state index is 12.8. The zero-order valence-corrected chi connectivity index (χ0v) is 10.6. The number of hydrogen-bond donors (Lipinski definition) is 2. The van der Waals surface area contributed by atoms with Crippen LogP contribution in [0.15, 0.2) is 6.07 Å². The lowest BCUT2D eigenvalue weighted by atomic mass is 9.95. The Hall–Kier alpha value is -2.06. The van der Waals surface area contributed by atoms with Crippen molar-refractivity contribution in [2.45, 2.75) is 13.1 Å². The molecule has 2 amide bonds. The molecule has 2 atom stereocenters. The van der Waals surface area contributed by atoms with Crippen LogP contribution in [-0.2, 0) is 4.79 Å². The van der Waals surface area contributed by atoms with E-state index in [9.17, 15) is 22.8 Å². The lowest BCUT2D eigenvalue weighted by Crippen LogP contribution is -2.37. The van der Waals surface area contributed by atoms with Gasteiger partial charge in [-0.05, 0) is 13.0 Å². The minimum atomic E-state index is -4.57. The Balaban J connectivity index is 2.20. The van der Waals surface area contributed by atoms with Gasteiger partial charge in [-0.25, -0.2) is 0 Å². The first-order valence-electron chi connectivity index (χ1n) is 5.87. The minimum Gasteiger partial charge on any atom is -0.369 e. The second kappa shape index (κ2) is 4.80. The zero-order valence-electron chi connectivity index (χ0n) is 10.6. The molecule has 110 valence electrons. The van der Waals surface area contributed by atoms with E-state index in [2.05, 4.69) is 10.2 Å². The van der Waals surface area contributed by atoms with E-state index in [0.717, 1.165) is 4.90 Å². The summed E-state index contributed by atoms with van der Waals surface area (Å²) in [5.41, 5.74) is 5.63. The molecule has 20 heavy (non-hydrogen) atoms. The van der Waals surface area contributed by atoms with Crippen molar-refractivity contribution >= 4 is 11.8 Å². The molecule has 1 aliphatic rings. The van der Waals surface area contributed by atoms with Gasteiger partial charge >= 0.3 is 6.18 Å². The maximum atomic E-state index is 12.8. The van der Waals surface area contributed by atoms with Crippen LogP contribution in [0.1, 0.15) is 16.2 Å². The van der Waals surface area contributed by atoms with Gasteiger partial charge in [0.1, 0.15) is 5.69 Å². The van der Waals surface area contributed by atoms with Crippen molar-refractivity contribution in [3.63, 3.8) is 0 Å². The van der Waals surface area contributed by atoms with Gasteiger partial charge in [0.2, 0.25) is 5.91 Å². The first-order chi connectivity index (χ1) is 9.20. The number of carbonyl (C=O) groups is 2. The topological polar surface area (TPSA) is 92.1 Å². The van der Waals surface area contributed by atoms with E-state index in [0.29, 0.717) is 5.69 Å². The summed E-state index contributed by atoms with van der Waals surface area (Å²) in [5, 5.41) is 6.24. The number of alkyl halides is 3. The number of rotatable bonds is 2. The Morgan fingerprint density at radius 2 is 2.10 bits per heavy atom. The number of aryl methyl sites for hydroxylation is 1. The number of hydrogen-bond acceptors (Lipinski definition) is 3. The lowest BCUT2D eigenvalue weighted by Gasteiger charge is -2.18. The fourth-order valence-electron chi connectivity index (χ4n) is 2.28. The van der Waals surface area contributed by atoms with Crippen molar-refractivity contribution in [3.05, 3.63) is 17.5 Å². The molecule has 0 unspecified atom stereocenters. The van der Waals surface area contributed by atoms with Crippen molar-refractivity contribution in [2.24, 2.45) is 17.6 Å². The molecule has 0 aromatic carbocycles. The van der Waals surface area contributed by atoms with E-state index in [1.807, 2.05) is 0 Å². The number of aromatic nitrogens is 2. The molecular weight excluding hydrogens is 277 g/mol. The Labute approximate surface area is 112 Å². The third-order valence-electron chi connectivity index (χ3n) is 3.32. The first kappa shape index (κ1) is 14.4. The number of nitrogens with one attached hydrogen (secondary N) is 1. The summed E-state index contributed by atoms with van der Waals surface area (Å²) >= 11 is 0. The van der Waals surface area contributed by atoms with E-state index in [1.165, 1.54) is 6.07 Å². The van der Waals surface area contributed by atoms with Crippen LogP contribution < -0.4 is 5.73 Å².